The Hall–Kier alpha value is -1.15. The summed E-state index contributed by atoms with van der Waals surface area (Å²) >= 11 is 3.15. The van der Waals surface area contributed by atoms with E-state index in [4.69, 9.17) is 0 Å². The lowest BCUT2D eigenvalue weighted by molar-refractivity contribution is -0.275. The first-order valence-electron chi connectivity index (χ1n) is 4.83. The van der Waals surface area contributed by atoms with Crippen molar-refractivity contribution in [1.82, 2.24) is 5.32 Å². The molecule has 1 saturated heterocycles. The van der Waals surface area contributed by atoms with Gasteiger partial charge in [-0.25, -0.2) is 4.79 Å². The van der Waals surface area contributed by atoms with Crippen LogP contribution in [0.5, 0.6) is 5.75 Å². The second-order valence-electron chi connectivity index (χ2n) is 3.53. The van der Waals surface area contributed by atoms with E-state index < -0.39 is 18.5 Å². The standard InChI is InChI=1S/C10H7BrF3NO3.ClH/c11-5-1-2-8(18-10(12,13)14)6(3-5)7-4-17-9(16)15-7;/h1-3,7H,4H2,(H,15,16);1H/t7-;/m1./s1. The quantitative estimate of drug-likeness (QED) is 0.875. The maximum Gasteiger partial charge on any atom is 0.573 e. The van der Waals surface area contributed by atoms with Crippen molar-refractivity contribution in [2.24, 2.45) is 0 Å². The van der Waals surface area contributed by atoms with E-state index in [0.717, 1.165) is 0 Å². The van der Waals surface area contributed by atoms with E-state index in [1.807, 2.05) is 0 Å². The molecule has 9 heteroatoms. The lowest BCUT2D eigenvalue weighted by atomic mass is 10.1. The molecule has 1 fully saturated rings. The first kappa shape index (κ1) is 15.9. The summed E-state index contributed by atoms with van der Waals surface area (Å²) < 4.78 is 45.8. The van der Waals surface area contributed by atoms with Crippen LogP contribution in [0.4, 0.5) is 18.0 Å². The van der Waals surface area contributed by atoms with Gasteiger partial charge in [0.2, 0.25) is 0 Å². The number of benzene rings is 1. The van der Waals surface area contributed by atoms with Crippen molar-refractivity contribution in [3.05, 3.63) is 28.2 Å². The van der Waals surface area contributed by atoms with Crippen molar-refractivity contribution >= 4 is 34.4 Å². The van der Waals surface area contributed by atoms with Crippen LogP contribution in [0.3, 0.4) is 0 Å². The summed E-state index contributed by atoms with van der Waals surface area (Å²) in [7, 11) is 0. The lowest BCUT2D eigenvalue weighted by Crippen LogP contribution is -2.22. The number of hydrogen-bond acceptors (Lipinski definition) is 3. The highest BCUT2D eigenvalue weighted by atomic mass is 79.9. The van der Waals surface area contributed by atoms with Gasteiger partial charge in [0.25, 0.3) is 0 Å². The summed E-state index contributed by atoms with van der Waals surface area (Å²) in [5, 5.41) is 2.39. The van der Waals surface area contributed by atoms with Crippen LogP contribution < -0.4 is 10.1 Å². The van der Waals surface area contributed by atoms with Gasteiger partial charge >= 0.3 is 12.5 Å². The molecule has 1 aromatic carbocycles. The first-order valence-corrected chi connectivity index (χ1v) is 5.63. The van der Waals surface area contributed by atoms with Crippen LogP contribution in [0.25, 0.3) is 0 Å². The Morgan fingerprint density at radius 3 is 2.63 bits per heavy atom. The minimum atomic E-state index is -4.79. The Balaban J connectivity index is 0.00000180. The van der Waals surface area contributed by atoms with Gasteiger partial charge in [0, 0.05) is 10.0 Å². The molecule has 1 atom stereocenters. The maximum absolute atomic E-state index is 12.2. The summed E-state index contributed by atoms with van der Waals surface area (Å²) in [5.74, 6) is -0.360. The van der Waals surface area contributed by atoms with Crippen LogP contribution in [-0.4, -0.2) is 19.1 Å². The monoisotopic (exact) mass is 361 g/mol. The number of nitrogens with one attached hydrogen (secondary N) is 1. The fourth-order valence-corrected chi connectivity index (χ4v) is 1.94. The number of ether oxygens (including phenoxy) is 2. The van der Waals surface area contributed by atoms with Crippen LogP contribution in [0.1, 0.15) is 11.6 Å². The molecule has 19 heavy (non-hydrogen) atoms. The third-order valence-electron chi connectivity index (χ3n) is 2.25. The van der Waals surface area contributed by atoms with E-state index >= 15 is 0 Å². The Labute approximate surface area is 120 Å². The number of amides is 1. The fraction of sp³-hybridized carbons (Fsp3) is 0.300. The van der Waals surface area contributed by atoms with Crippen LogP contribution in [0.2, 0.25) is 0 Å². The molecule has 1 aliphatic rings. The van der Waals surface area contributed by atoms with Crippen molar-refractivity contribution < 1.29 is 27.4 Å². The molecule has 0 aromatic heterocycles. The van der Waals surface area contributed by atoms with Crippen LogP contribution in [0, 0.1) is 0 Å². The lowest BCUT2D eigenvalue weighted by Gasteiger charge is -2.16. The van der Waals surface area contributed by atoms with Gasteiger partial charge in [0.1, 0.15) is 12.4 Å². The molecule has 1 N–H and O–H groups in total. The number of alkyl carbamates (subject to hydrolysis) is 1. The van der Waals surface area contributed by atoms with E-state index in [-0.39, 0.29) is 30.3 Å². The summed E-state index contributed by atoms with van der Waals surface area (Å²) in [6.07, 6.45) is -5.45. The first-order chi connectivity index (χ1) is 8.35. The summed E-state index contributed by atoms with van der Waals surface area (Å²) in [5.41, 5.74) is 0.201. The predicted octanol–water partition coefficient (Wildman–Crippen LogP) is 3.55. The van der Waals surface area contributed by atoms with Gasteiger partial charge in [0.15, 0.2) is 0 Å². The zero-order valence-electron chi connectivity index (χ0n) is 9.16. The van der Waals surface area contributed by atoms with E-state index in [1.54, 1.807) is 0 Å². The van der Waals surface area contributed by atoms with E-state index in [2.05, 4.69) is 30.7 Å². The van der Waals surface area contributed by atoms with Crippen molar-refractivity contribution in [2.45, 2.75) is 12.4 Å². The van der Waals surface area contributed by atoms with Crippen molar-refractivity contribution in [1.29, 1.82) is 0 Å². The second-order valence-corrected chi connectivity index (χ2v) is 4.44. The number of alkyl halides is 3. The van der Waals surface area contributed by atoms with Crippen LogP contribution in [0.15, 0.2) is 22.7 Å². The highest BCUT2D eigenvalue weighted by Gasteiger charge is 2.34. The zero-order valence-corrected chi connectivity index (χ0v) is 11.6. The third-order valence-corrected chi connectivity index (χ3v) is 2.74. The van der Waals surface area contributed by atoms with E-state index in [0.29, 0.717) is 4.47 Å². The van der Waals surface area contributed by atoms with Crippen molar-refractivity contribution in [3.8, 4) is 5.75 Å². The summed E-state index contributed by atoms with van der Waals surface area (Å²) in [6.45, 7) is -0.0382. The molecule has 0 radical (unpaired) electrons. The number of cyclic esters (lactones) is 1. The fourth-order valence-electron chi connectivity index (χ4n) is 1.56. The molecule has 1 heterocycles. The molecule has 2 rings (SSSR count). The molecule has 1 aliphatic heterocycles. The molecule has 0 saturated carbocycles. The molecule has 4 nitrogen and oxygen atoms in total. The third kappa shape index (κ3) is 4.17. The summed E-state index contributed by atoms with van der Waals surface area (Å²) in [6, 6.07) is 3.38. The molecule has 0 spiro atoms. The SMILES string of the molecule is Cl.O=C1N[C@@H](c2cc(Br)ccc2OC(F)(F)F)CO1. The maximum atomic E-state index is 12.2. The van der Waals surface area contributed by atoms with Gasteiger partial charge < -0.3 is 14.8 Å². The topological polar surface area (TPSA) is 47.6 Å². The van der Waals surface area contributed by atoms with Gasteiger partial charge in [-0.15, -0.1) is 25.6 Å². The largest absolute Gasteiger partial charge is 0.573 e. The van der Waals surface area contributed by atoms with Gasteiger partial charge in [-0.1, -0.05) is 15.9 Å². The molecule has 0 bridgehead atoms. The average Bonchev–Trinajstić information content (AvgIpc) is 2.65. The Morgan fingerprint density at radius 1 is 1.42 bits per heavy atom. The number of rotatable bonds is 2. The van der Waals surface area contributed by atoms with Crippen LogP contribution >= 0.6 is 28.3 Å². The smallest absolute Gasteiger partial charge is 0.447 e. The highest BCUT2D eigenvalue weighted by Crippen LogP contribution is 2.34. The molecular formula is C10H8BrClF3NO3. The molecule has 0 aliphatic carbocycles. The minimum absolute atomic E-state index is 0. The second kappa shape index (κ2) is 5.87. The Bertz CT molecular complexity index is 484. The molecule has 106 valence electrons. The summed E-state index contributed by atoms with van der Waals surface area (Å²) in [4.78, 5) is 10.9. The Morgan fingerprint density at radius 2 is 2.11 bits per heavy atom. The van der Waals surface area contributed by atoms with Gasteiger partial charge in [0.05, 0.1) is 6.04 Å². The van der Waals surface area contributed by atoms with Crippen molar-refractivity contribution in [2.75, 3.05) is 6.61 Å². The zero-order chi connectivity index (χ0) is 13.3. The molecule has 0 unspecified atom stereocenters. The average molecular weight is 363 g/mol. The number of carbonyl (C=O) groups is 1. The van der Waals surface area contributed by atoms with Gasteiger partial charge in [-0.3, -0.25) is 0 Å². The van der Waals surface area contributed by atoms with Gasteiger partial charge in [-0.05, 0) is 18.2 Å². The normalized spacial score (nSPS) is 18.3. The van der Waals surface area contributed by atoms with Gasteiger partial charge in [-0.2, -0.15) is 0 Å². The van der Waals surface area contributed by atoms with E-state index in [1.165, 1.54) is 18.2 Å². The predicted molar refractivity (Wildman–Crippen MR) is 65.3 cm³/mol. The molecule has 1 aromatic rings. The Kier molecular flexibility index (Phi) is 4.92. The van der Waals surface area contributed by atoms with Crippen LogP contribution in [-0.2, 0) is 4.74 Å². The van der Waals surface area contributed by atoms with E-state index in [9.17, 15) is 18.0 Å². The number of halogens is 5. The molecular weight excluding hydrogens is 354 g/mol. The highest BCUT2D eigenvalue weighted by molar-refractivity contribution is 9.10. The van der Waals surface area contributed by atoms with Crippen molar-refractivity contribution in [3.63, 3.8) is 0 Å². The number of hydrogen-bond donors (Lipinski definition) is 1. The number of carbonyl (C=O) groups excluding carboxylic acids is 1. The minimum Gasteiger partial charge on any atom is -0.447 e. The molecule has 1 amide bonds.